The van der Waals surface area contributed by atoms with Gasteiger partial charge in [-0.1, -0.05) is 17.3 Å². The van der Waals surface area contributed by atoms with Crippen molar-refractivity contribution >= 4 is 5.69 Å². The van der Waals surface area contributed by atoms with E-state index in [0.717, 1.165) is 11.1 Å². The first kappa shape index (κ1) is 10.5. The highest BCUT2D eigenvalue weighted by atomic mass is 16.5. The van der Waals surface area contributed by atoms with Crippen LogP contribution in [0.4, 0.5) is 5.69 Å². The number of hydrogen-bond acceptors (Lipinski definition) is 5. The molecule has 5 heteroatoms. The number of nitrogen functional groups attached to an aromatic ring is 1. The van der Waals surface area contributed by atoms with Gasteiger partial charge in [0, 0.05) is 23.6 Å². The summed E-state index contributed by atoms with van der Waals surface area (Å²) < 4.78 is 5.20. The Balaban J connectivity index is 2.03. The lowest BCUT2D eigenvalue weighted by atomic mass is 10.2. The first-order valence-corrected chi connectivity index (χ1v) is 5.43. The molecule has 0 unspecified atom stereocenters. The summed E-state index contributed by atoms with van der Waals surface area (Å²) in [5.74, 6) is 0.910. The van der Waals surface area contributed by atoms with Crippen molar-refractivity contribution in [3.63, 3.8) is 0 Å². The zero-order valence-electron chi connectivity index (χ0n) is 9.45. The van der Waals surface area contributed by atoms with E-state index in [0.29, 0.717) is 17.4 Å². The van der Waals surface area contributed by atoms with Crippen LogP contribution in [-0.2, 0) is 0 Å². The fourth-order valence-corrected chi connectivity index (χ4v) is 1.64. The fourth-order valence-electron chi connectivity index (χ4n) is 1.64. The highest BCUT2D eigenvalue weighted by Crippen LogP contribution is 2.25. The molecule has 0 atom stereocenters. The summed E-state index contributed by atoms with van der Waals surface area (Å²) in [4.78, 5) is 8.32. The molecule has 2 heterocycles. The van der Waals surface area contributed by atoms with Gasteiger partial charge in [-0.25, -0.2) is 0 Å². The highest BCUT2D eigenvalue weighted by Gasteiger charge is 2.12. The molecule has 3 aromatic rings. The number of para-hydroxylation sites is 1. The first-order valence-electron chi connectivity index (χ1n) is 5.43. The molecule has 0 aliphatic rings. The predicted octanol–water partition coefficient (Wildman–Crippen LogP) is 2.38. The van der Waals surface area contributed by atoms with Crippen LogP contribution in [0.5, 0.6) is 0 Å². The van der Waals surface area contributed by atoms with Gasteiger partial charge in [0.05, 0.1) is 5.56 Å². The van der Waals surface area contributed by atoms with E-state index in [1.165, 1.54) is 0 Å². The number of hydrogen-bond donors (Lipinski definition) is 1. The zero-order valence-corrected chi connectivity index (χ0v) is 9.45. The molecule has 0 aliphatic heterocycles. The third-order valence-electron chi connectivity index (χ3n) is 2.54. The van der Waals surface area contributed by atoms with Crippen LogP contribution in [0.25, 0.3) is 22.8 Å². The fraction of sp³-hybridized carbons (Fsp3) is 0. The molecule has 2 N–H and O–H groups in total. The maximum Gasteiger partial charge on any atom is 0.259 e. The molecule has 88 valence electrons. The Morgan fingerprint density at radius 2 is 1.94 bits per heavy atom. The number of anilines is 1. The van der Waals surface area contributed by atoms with Gasteiger partial charge in [0.15, 0.2) is 0 Å². The van der Waals surface area contributed by atoms with Gasteiger partial charge in [-0.3, -0.25) is 4.98 Å². The molecule has 0 saturated heterocycles. The minimum Gasteiger partial charge on any atom is -0.398 e. The van der Waals surface area contributed by atoms with Crippen LogP contribution in [0.1, 0.15) is 0 Å². The second kappa shape index (κ2) is 4.29. The van der Waals surface area contributed by atoms with Crippen LogP contribution in [0.2, 0.25) is 0 Å². The van der Waals surface area contributed by atoms with Crippen LogP contribution < -0.4 is 5.73 Å². The van der Waals surface area contributed by atoms with Crippen molar-refractivity contribution in [2.24, 2.45) is 0 Å². The average Bonchev–Trinajstić information content (AvgIpc) is 2.90. The molecular weight excluding hydrogens is 228 g/mol. The third kappa shape index (κ3) is 1.82. The number of rotatable bonds is 2. The number of nitrogens with two attached hydrogens (primary N) is 1. The Kier molecular flexibility index (Phi) is 2.49. The topological polar surface area (TPSA) is 77.8 Å². The zero-order chi connectivity index (χ0) is 12.4. The standard InChI is InChI=1S/C13H10N4O/c14-11-6-2-1-5-10(11)12-16-13(18-17-12)9-4-3-7-15-8-9/h1-8H,14H2. The smallest absolute Gasteiger partial charge is 0.259 e. The Hall–Kier alpha value is -2.69. The lowest BCUT2D eigenvalue weighted by Gasteiger charge is -1.97. The van der Waals surface area contributed by atoms with Gasteiger partial charge in [0.2, 0.25) is 5.82 Å². The van der Waals surface area contributed by atoms with Gasteiger partial charge in [-0.05, 0) is 24.3 Å². The molecule has 1 aromatic carbocycles. The number of benzene rings is 1. The van der Waals surface area contributed by atoms with Gasteiger partial charge >= 0.3 is 0 Å². The lowest BCUT2D eigenvalue weighted by Crippen LogP contribution is -1.90. The van der Waals surface area contributed by atoms with Crippen molar-refractivity contribution < 1.29 is 4.52 Å². The first-order chi connectivity index (χ1) is 8.84. The number of nitrogens with zero attached hydrogens (tertiary/aromatic N) is 3. The molecule has 0 spiro atoms. The minimum atomic E-state index is 0.432. The second-order valence-electron chi connectivity index (χ2n) is 3.75. The Bertz CT molecular complexity index is 664. The minimum absolute atomic E-state index is 0.432. The second-order valence-corrected chi connectivity index (χ2v) is 3.75. The molecule has 3 rings (SSSR count). The Labute approximate surface area is 103 Å². The summed E-state index contributed by atoms with van der Waals surface area (Å²) >= 11 is 0. The molecule has 18 heavy (non-hydrogen) atoms. The largest absolute Gasteiger partial charge is 0.398 e. The molecule has 5 nitrogen and oxygen atoms in total. The van der Waals surface area contributed by atoms with Crippen molar-refractivity contribution in [2.45, 2.75) is 0 Å². The van der Waals surface area contributed by atoms with Gasteiger partial charge in [0.1, 0.15) is 0 Å². The lowest BCUT2D eigenvalue weighted by molar-refractivity contribution is 0.432. The maximum atomic E-state index is 5.87. The number of pyridine rings is 1. The SMILES string of the molecule is Nc1ccccc1-c1noc(-c2cccnc2)n1. The van der Waals surface area contributed by atoms with Crippen molar-refractivity contribution in [2.75, 3.05) is 5.73 Å². The van der Waals surface area contributed by atoms with Crippen LogP contribution in [0.3, 0.4) is 0 Å². The van der Waals surface area contributed by atoms with E-state index in [-0.39, 0.29) is 0 Å². The molecule has 0 bridgehead atoms. The van der Waals surface area contributed by atoms with Crippen LogP contribution >= 0.6 is 0 Å². The van der Waals surface area contributed by atoms with E-state index in [4.69, 9.17) is 10.3 Å². The Morgan fingerprint density at radius 3 is 2.72 bits per heavy atom. The summed E-state index contributed by atoms with van der Waals surface area (Å²) in [7, 11) is 0. The van der Waals surface area contributed by atoms with E-state index in [1.54, 1.807) is 18.5 Å². The van der Waals surface area contributed by atoms with Crippen molar-refractivity contribution in [3.05, 3.63) is 48.8 Å². The molecule has 2 aromatic heterocycles. The van der Waals surface area contributed by atoms with Crippen LogP contribution in [0, 0.1) is 0 Å². The predicted molar refractivity (Wildman–Crippen MR) is 67.4 cm³/mol. The van der Waals surface area contributed by atoms with Gasteiger partial charge in [-0.2, -0.15) is 4.98 Å². The quantitative estimate of drug-likeness (QED) is 0.693. The summed E-state index contributed by atoms with van der Waals surface area (Å²) in [5.41, 5.74) is 8.03. The molecule has 0 saturated carbocycles. The van der Waals surface area contributed by atoms with E-state index >= 15 is 0 Å². The summed E-state index contributed by atoms with van der Waals surface area (Å²) in [6.45, 7) is 0. The van der Waals surface area contributed by atoms with Crippen LogP contribution in [0.15, 0.2) is 53.3 Å². The normalized spacial score (nSPS) is 10.4. The van der Waals surface area contributed by atoms with Gasteiger partial charge in [-0.15, -0.1) is 0 Å². The molecular formula is C13H10N4O. The van der Waals surface area contributed by atoms with Gasteiger partial charge in [0.25, 0.3) is 5.89 Å². The molecule has 0 aliphatic carbocycles. The van der Waals surface area contributed by atoms with Crippen LogP contribution in [-0.4, -0.2) is 15.1 Å². The number of aromatic nitrogens is 3. The molecule has 0 amide bonds. The third-order valence-corrected chi connectivity index (χ3v) is 2.54. The summed E-state index contributed by atoms with van der Waals surface area (Å²) in [6.07, 6.45) is 3.36. The van der Waals surface area contributed by atoms with E-state index in [1.807, 2.05) is 30.3 Å². The van der Waals surface area contributed by atoms with Crippen molar-refractivity contribution in [3.8, 4) is 22.8 Å². The van der Waals surface area contributed by atoms with E-state index < -0.39 is 0 Å². The van der Waals surface area contributed by atoms with E-state index in [2.05, 4.69) is 15.1 Å². The summed E-state index contributed by atoms with van der Waals surface area (Å²) in [5, 5.41) is 3.93. The molecule has 0 radical (unpaired) electrons. The Morgan fingerprint density at radius 1 is 1.06 bits per heavy atom. The van der Waals surface area contributed by atoms with Gasteiger partial charge < -0.3 is 10.3 Å². The highest BCUT2D eigenvalue weighted by molar-refractivity contribution is 5.71. The van der Waals surface area contributed by atoms with E-state index in [9.17, 15) is 0 Å². The average molecular weight is 238 g/mol. The monoisotopic (exact) mass is 238 g/mol. The van der Waals surface area contributed by atoms with Crippen molar-refractivity contribution in [1.29, 1.82) is 0 Å². The summed E-state index contributed by atoms with van der Waals surface area (Å²) in [6, 6.07) is 11.1. The molecule has 0 fully saturated rings. The van der Waals surface area contributed by atoms with Crippen molar-refractivity contribution in [1.82, 2.24) is 15.1 Å². The maximum absolute atomic E-state index is 5.87.